The van der Waals surface area contributed by atoms with Gasteiger partial charge in [-0.3, -0.25) is 9.59 Å². The molecule has 116 valence electrons. The second-order valence-corrected chi connectivity index (χ2v) is 5.83. The van der Waals surface area contributed by atoms with E-state index in [9.17, 15) is 14.0 Å². The van der Waals surface area contributed by atoms with Crippen LogP contribution in [0.25, 0.3) is 10.9 Å². The number of carboxylic acids is 1. The summed E-state index contributed by atoms with van der Waals surface area (Å²) in [5, 5.41) is 9.78. The number of carboxylic acid groups (broad SMARTS) is 1. The number of nitrogens with one attached hydrogen (secondary N) is 1. The van der Waals surface area contributed by atoms with E-state index in [0.29, 0.717) is 29.4 Å². The third kappa shape index (κ3) is 2.56. The Balaban J connectivity index is 1.88. The van der Waals surface area contributed by atoms with E-state index >= 15 is 0 Å². The van der Waals surface area contributed by atoms with Crippen molar-refractivity contribution in [3.05, 3.63) is 35.8 Å². The van der Waals surface area contributed by atoms with Crippen molar-refractivity contribution in [1.29, 1.82) is 0 Å². The molecule has 1 aliphatic heterocycles. The number of nitrogens with zero attached hydrogens (tertiary/aromatic N) is 1. The Labute approximate surface area is 126 Å². The Morgan fingerprint density at radius 2 is 2.09 bits per heavy atom. The lowest BCUT2D eigenvalue weighted by atomic mass is 9.93. The van der Waals surface area contributed by atoms with Crippen LogP contribution < -0.4 is 0 Å². The van der Waals surface area contributed by atoms with E-state index in [0.717, 1.165) is 0 Å². The van der Waals surface area contributed by atoms with Crippen LogP contribution in [0.4, 0.5) is 4.39 Å². The zero-order valence-electron chi connectivity index (χ0n) is 12.2. The van der Waals surface area contributed by atoms with Crippen LogP contribution in [0.2, 0.25) is 0 Å². The van der Waals surface area contributed by atoms with Crippen molar-refractivity contribution in [2.45, 2.75) is 25.8 Å². The standard InChI is InChI=1S/C16H17FN2O3/c1-9-2-3-10(16(21)22)8-19(9)15(20)14-7-11-6-12(17)4-5-13(11)18-14/h4-7,9-10,18H,2-3,8H2,1H3,(H,21,22). The van der Waals surface area contributed by atoms with Gasteiger partial charge in [0, 0.05) is 23.5 Å². The lowest BCUT2D eigenvalue weighted by Crippen LogP contribution is -2.47. The van der Waals surface area contributed by atoms with Crippen LogP contribution in [0.3, 0.4) is 0 Å². The number of hydrogen-bond donors (Lipinski definition) is 2. The number of rotatable bonds is 2. The van der Waals surface area contributed by atoms with Crippen molar-refractivity contribution < 1.29 is 19.1 Å². The Kier molecular flexibility index (Phi) is 3.60. The van der Waals surface area contributed by atoms with Gasteiger partial charge in [0.15, 0.2) is 0 Å². The predicted molar refractivity (Wildman–Crippen MR) is 79.1 cm³/mol. The minimum atomic E-state index is -0.872. The Hall–Kier alpha value is -2.37. The number of aliphatic carboxylic acids is 1. The minimum absolute atomic E-state index is 0.00810. The fourth-order valence-electron chi connectivity index (χ4n) is 2.96. The van der Waals surface area contributed by atoms with Crippen LogP contribution in [-0.4, -0.2) is 39.5 Å². The van der Waals surface area contributed by atoms with Crippen LogP contribution in [-0.2, 0) is 4.79 Å². The fourth-order valence-corrected chi connectivity index (χ4v) is 2.96. The summed E-state index contributed by atoms with van der Waals surface area (Å²) in [6.45, 7) is 2.12. The summed E-state index contributed by atoms with van der Waals surface area (Å²) in [5.41, 5.74) is 1.04. The fraction of sp³-hybridized carbons (Fsp3) is 0.375. The highest BCUT2D eigenvalue weighted by molar-refractivity contribution is 5.98. The zero-order valence-corrected chi connectivity index (χ0v) is 12.2. The van der Waals surface area contributed by atoms with Crippen LogP contribution in [0.15, 0.2) is 24.3 Å². The molecule has 2 heterocycles. The molecule has 2 N–H and O–H groups in total. The summed E-state index contributed by atoms with van der Waals surface area (Å²) in [6.07, 6.45) is 1.25. The maximum Gasteiger partial charge on any atom is 0.308 e. The molecule has 0 bridgehead atoms. The summed E-state index contributed by atoms with van der Waals surface area (Å²) in [4.78, 5) is 28.4. The molecule has 22 heavy (non-hydrogen) atoms. The molecular weight excluding hydrogens is 287 g/mol. The maximum absolute atomic E-state index is 13.2. The highest BCUT2D eigenvalue weighted by Gasteiger charge is 2.33. The van der Waals surface area contributed by atoms with E-state index in [-0.39, 0.29) is 24.3 Å². The average Bonchev–Trinajstić information content (AvgIpc) is 2.89. The lowest BCUT2D eigenvalue weighted by Gasteiger charge is -2.36. The van der Waals surface area contributed by atoms with Gasteiger partial charge in [-0.1, -0.05) is 0 Å². The first-order valence-corrected chi connectivity index (χ1v) is 7.28. The van der Waals surface area contributed by atoms with Gasteiger partial charge in [-0.2, -0.15) is 0 Å². The van der Waals surface area contributed by atoms with Gasteiger partial charge in [-0.05, 0) is 44.0 Å². The number of halogens is 1. The van der Waals surface area contributed by atoms with Gasteiger partial charge in [0.25, 0.3) is 5.91 Å². The Morgan fingerprint density at radius 1 is 1.32 bits per heavy atom. The van der Waals surface area contributed by atoms with Crippen molar-refractivity contribution in [2.75, 3.05) is 6.54 Å². The van der Waals surface area contributed by atoms with E-state index in [2.05, 4.69) is 4.98 Å². The van der Waals surface area contributed by atoms with Gasteiger partial charge in [0.1, 0.15) is 11.5 Å². The average molecular weight is 304 g/mol. The Bertz CT molecular complexity index is 740. The molecule has 0 aliphatic carbocycles. The number of aromatic amines is 1. The molecule has 1 aromatic carbocycles. The van der Waals surface area contributed by atoms with Crippen LogP contribution in [0.1, 0.15) is 30.3 Å². The highest BCUT2D eigenvalue weighted by Crippen LogP contribution is 2.25. The largest absolute Gasteiger partial charge is 0.481 e. The van der Waals surface area contributed by atoms with Gasteiger partial charge in [0.2, 0.25) is 0 Å². The first kappa shape index (κ1) is 14.6. The van der Waals surface area contributed by atoms with Crippen molar-refractivity contribution in [3.63, 3.8) is 0 Å². The predicted octanol–water partition coefficient (Wildman–Crippen LogP) is 2.63. The van der Waals surface area contributed by atoms with Crippen LogP contribution in [0, 0.1) is 11.7 Å². The van der Waals surface area contributed by atoms with Crippen molar-refractivity contribution in [2.24, 2.45) is 5.92 Å². The van der Waals surface area contributed by atoms with E-state index < -0.39 is 11.9 Å². The van der Waals surface area contributed by atoms with Crippen molar-refractivity contribution in [3.8, 4) is 0 Å². The van der Waals surface area contributed by atoms with E-state index in [1.54, 1.807) is 17.0 Å². The molecule has 2 unspecified atom stereocenters. The Morgan fingerprint density at radius 3 is 2.82 bits per heavy atom. The number of piperidine rings is 1. The molecule has 5 nitrogen and oxygen atoms in total. The lowest BCUT2D eigenvalue weighted by molar-refractivity contribution is -0.143. The number of carbonyl (C=O) groups excluding carboxylic acids is 1. The highest BCUT2D eigenvalue weighted by atomic mass is 19.1. The van der Waals surface area contributed by atoms with E-state index in [4.69, 9.17) is 5.11 Å². The van der Waals surface area contributed by atoms with Gasteiger partial charge in [0.05, 0.1) is 5.92 Å². The van der Waals surface area contributed by atoms with E-state index in [1.165, 1.54) is 12.1 Å². The molecule has 1 fully saturated rings. The molecule has 1 aliphatic rings. The topological polar surface area (TPSA) is 73.4 Å². The molecular formula is C16H17FN2O3. The molecule has 2 atom stereocenters. The molecule has 3 rings (SSSR count). The third-order valence-corrected chi connectivity index (χ3v) is 4.31. The van der Waals surface area contributed by atoms with Crippen LogP contribution in [0.5, 0.6) is 0 Å². The third-order valence-electron chi connectivity index (χ3n) is 4.31. The smallest absolute Gasteiger partial charge is 0.308 e. The minimum Gasteiger partial charge on any atom is -0.481 e. The first-order chi connectivity index (χ1) is 10.5. The van der Waals surface area contributed by atoms with Gasteiger partial charge < -0.3 is 15.0 Å². The quantitative estimate of drug-likeness (QED) is 0.895. The normalized spacial score (nSPS) is 22.0. The number of hydrogen-bond acceptors (Lipinski definition) is 2. The summed E-state index contributed by atoms with van der Waals surface area (Å²) in [5.74, 6) is -2.00. The summed E-state index contributed by atoms with van der Waals surface area (Å²) < 4.78 is 13.2. The second kappa shape index (κ2) is 5.44. The maximum atomic E-state index is 13.2. The van der Waals surface area contributed by atoms with Gasteiger partial charge in [-0.25, -0.2) is 4.39 Å². The van der Waals surface area contributed by atoms with Crippen LogP contribution >= 0.6 is 0 Å². The first-order valence-electron chi connectivity index (χ1n) is 7.28. The number of H-pyrrole nitrogens is 1. The molecule has 0 saturated carbocycles. The number of likely N-dealkylation sites (tertiary alicyclic amines) is 1. The number of aromatic nitrogens is 1. The molecule has 2 aromatic rings. The number of amides is 1. The number of benzene rings is 1. The summed E-state index contributed by atoms with van der Waals surface area (Å²) >= 11 is 0. The second-order valence-electron chi connectivity index (χ2n) is 5.83. The number of carbonyl (C=O) groups is 2. The molecule has 0 radical (unpaired) electrons. The molecule has 1 amide bonds. The monoisotopic (exact) mass is 304 g/mol. The molecule has 6 heteroatoms. The molecule has 1 aromatic heterocycles. The zero-order chi connectivity index (χ0) is 15.9. The molecule has 1 saturated heterocycles. The number of fused-ring (bicyclic) bond motifs is 1. The SMILES string of the molecule is CC1CCC(C(=O)O)CN1C(=O)c1cc2cc(F)ccc2[nH]1. The summed E-state index contributed by atoms with van der Waals surface area (Å²) in [7, 11) is 0. The van der Waals surface area contributed by atoms with E-state index in [1.807, 2.05) is 6.92 Å². The van der Waals surface area contributed by atoms with Gasteiger partial charge in [-0.15, -0.1) is 0 Å². The summed E-state index contributed by atoms with van der Waals surface area (Å²) in [6, 6.07) is 5.88. The van der Waals surface area contributed by atoms with Crippen molar-refractivity contribution >= 4 is 22.8 Å². The van der Waals surface area contributed by atoms with Crippen molar-refractivity contribution in [1.82, 2.24) is 9.88 Å². The molecule has 0 spiro atoms. The van der Waals surface area contributed by atoms with Gasteiger partial charge >= 0.3 is 5.97 Å².